The maximum absolute atomic E-state index is 12.4. The molecule has 2 amide bonds. The lowest BCUT2D eigenvalue weighted by Crippen LogP contribution is -2.33. The van der Waals surface area contributed by atoms with Crippen molar-refractivity contribution in [1.29, 1.82) is 0 Å². The van der Waals surface area contributed by atoms with Crippen LogP contribution >= 0.6 is 0 Å². The first-order valence-corrected chi connectivity index (χ1v) is 6.78. The number of rotatable bonds is 2. The zero-order chi connectivity index (χ0) is 14.8. The van der Waals surface area contributed by atoms with E-state index in [0.29, 0.717) is 6.54 Å². The second kappa shape index (κ2) is 5.36. The molecular formula is C16H17N3O2. The molecule has 5 nitrogen and oxygen atoms in total. The van der Waals surface area contributed by atoms with E-state index in [1.807, 2.05) is 42.5 Å². The van der Waals surface area contributed by atoms with E-state index < -0.39 is 0 Å². The molecule has 108 valence electrons. The van der Waals surface area contributed by atoms with Crippen LogP contribution < -0.4 is 20.7 Å². The number of nitrogens with one attached hydrogen (secondary N) is 1. The van der Waals surface area contributed by atoms with E-state index in [-0.39, 0.29) is 6.03 Å². The molecule has 0 fully saturated rings. The van der Waals surface area contributed by atoms with E-state index in [2.05, 4.69) is 5.32 Å². The van der Waals surface area contributed by atoms with Gasteiger partial charge in [0.15, 0.2) is 0 Å². The molecule has 2 aromatic rings. The van der Waals surface area contributed by atoms with E-state index in [1.165, 1.54) is 0 Å². The first-order chi connectivity index (χ1) is 10.2. The monoisotopic (exact) mass is 283 g/mol. The van der Waals surface area contributed by atoms with E-state index in [4.69, 9.17) is 10.5 Å². The van der Waals surface area contributed by atoms with Crippen LogP contribution in [-0.4, -0.2) is 19.7 Å². The number of methoxy groups -OCH3 is 1. The van der Waals surface area contributed by atoms with Crippen LogP contribution in [0.4, 0.5) is 21.9 Å². The average molecular weight is 283 g/mol. The summed E-state index contributed by atoms with van der Waals surface area (Å²) < 4.78 is 5.10. The fourth-order valence-electron chi connectivity index (χ4n) is 2.50. The Kier molecular flexibility index (Phi) is 3.39. The van der Waals surface area contributed by atoms with Gasteiger partial charge >= 0.3 is 6.03 Å². The highest BCUT2D eigenvalue weighted by molar-refractivity contribution is 6.03. The Morgan fingerprint density at radius 1 is 1.24 bits per heavy atom. The van der Waals surface area contributed by atoms with E-state index in [1.54, 1.807) is 12.0 Å². The fourth-order valence-corrected chi connectivity index (χ4v) is 2.50. The van der Waals surface area contributed by atoms with Crippen molar-refractivity contribution in [1.82, 2.24) is 0 Å². The summed E-state index contributed by atoms with van der Waals surface area (Å²) in [6.07, 6.45) is 0.830. The Morgan fingerprint density at radius 2 is 2.00 bits per heavy atom. The van der Waals surface area contributed by atoms with Crippen LogP contribution in [0, 0.1) is 0 Å². The quantitative estimate of drug-likeness (QED) is 0.833. The SMILES string of the molecule is COc1ccc(NC(=O)N2CCc3cc(N)ccc32)cc1. The van der Waals surface area contributed by atoms with Crippen LogP contribution in [-0.2, 0) is 6.42 Å². The van der Waals surface area contributed by atoms with Gasteiger partial charge in [-0.15, -0.1) is 0 Å². The zero-order valence-corrected chi connectivity index (χ0v) is 11.8. The number of carbonyl (C=O) groups excluding carboxylic acids is 1. The van der Waals surface area contributed by atoms with Crippen LogP contribution in [0.15, 0.2) is 42.5 Å². The molecule has 3 rings (SSSR count). The van der Waals surface area contributed by atoms with Crippen LogP contribution in [0.5, 0.6) is 5.75 Å². The zero-order valence-electron chi connectivity index (χ0n) is 11.8. The van der Waals surface area contributed by atoms with Gasteiger partial charge in [0.25, 0.3) is 0 Å². The number of benzene rings is 2. The summed E-state index contributed by atoms with van der Waals surface area (Å²) in [5.74, 6) is 0.759. The number of hydrogen-bond donors (Lipinski definition) is 2. The van der Waals surface area contributed by atoms with Crippen molar-refractivity contribution in [2.45, 2.75) is 6.42 Å². The third-order valence-corrected chi connectivity index (χ3v) is 3.59. The molecule has 0 radical (unpaired) electrons. The minimum Gasteiger partial charge on any atom is -0.497 e. The number of nitrogens with two attached hydrogens (primary N) is 1. The largest absolute Gasteiger partial charge is 0.497 e. The average Bonchev–Trinajstić information content (AvgIpc) is 2.91. The number of fused-ring (bicyclic) bond motifs is 1. The van der Waals surface area contributed by atoms with Gasteiger partial charge in [-0.1, -0.05) is 0 Å². The summed E-state index contributed by atoms with van der Waals surface area (Å²) in [6.45, 7) is 0.667. The first-order valence-electron chi connectivity index (χ1n) is 6.78. The molecule has 21 heavy (non-hydrogen) atoms. The Bertz CT molecular complexity index is 668. The highest BCUT2D eigenvalue weighted by atomic mass is 16.5. The molecular weight excluding hydrogens is 266 g/mol. The van der Waals surface area contributed by atoms with Crippen molar-refractivity contribution >= 4 is 23.1 Å². The van der Waals surface area contributed by atoms with E-state index in [9.17, 15) is 4.79 Å². The minimum atomic E-state index is -0.135. The van der Waals surface area contributed by atoms with Crippen LogP contribution in [0.3, 0.4) is 0 Å². The highest BCUT2D eigenvalue weighted by Crippen LogP contribution is 2.30. The van der Waals surface area contributed by atoms with E-state index in [0.717, 1.165) is 34.8 Å². The summed E-state index contributed by atoms with van der Waals surface area (Å²) in [5, 5.41) is 2.89. The number of anilines is 3. The number of amides is 2. The molecule has 1 heterocycles. The standard InChI is InChI=1S/C16H17N3O2/c1-21-14-5-3-13(4-6-14)18-16(20)19-9-8-11-10-12(17)2-7-15(11)19/h2-7,10H,8-9,17H2,1H3,(H,18,20). The lowest BCUT2D eigenvalue weighted by molar-refractivity contribution is 0.257. The molecule has 0 unspecified atom stereocenters. The van der Waals surface area contributed by atoms with Crippen molar-refractivity contribution in [2.75, 3.05) is 29.6 Å². The van der Waals surface area contributed by atoms with Crippen molar-refractivity contribution in [3.05, 3.63) is 48.0 Å². The summed E-state index contributed by atoms with van der Waals surface area (Å²) in [4.78, 5) is 14.1. The number of carbonyl (C=O) groups is 1. The predicted octanol–water partition coefficient (Wildman–Crippen LogP) is 2.87. The van der Waals surface area contributed by atoms with Gasteiger partial charge in [0.2, 0.25) is 0 Å². The van der Waals surface area contributed by atoms with Crippen molar-refractivity contribution in [3.63, 3.8) is 0 Å². The number of urea groups is 1. The summed E-state index contributed by atoms with van der Waals surface area (Å²) in [6, 6.07) is 12.8. The molecule has 0 spiro atoms. The van der Waals surface area contributed by atoms with Gasteiger partial charge in [0.05, 0.1) is 7.11 Å². The van der Waals surface area contributed by atoms with Gasteiger partial charge in [-0.2, -0.15) is 0 Å². The second-order valence-electron chi connectivity index (χ2n) is 4.95. The molecule has 0 aliphatic carbocycles. The normalized spacial score (nSPS) is 12.9. The maximum atomic E-state index is 12.4. The molecule has 5 heteroatoms. The Labute approximate surface area is 123 Å². The van der Waals surface area contributed by atoms with Gasteiger partial charge in [-0.05, 0) is 54.4 Å². The number of hydrogen-bond acceptors (Lipinski definition) is 3. The van der Waals surface area contributed by atoms with Gasteiger partial charge in [0, 0.05) is 23.6 Å². The van der Waals surface area contributed by atoms with Gasteiger partial charge < -0.3 is 15.8 Å². The molecule has 2 aromatic carbocycles. The molecule has 0 atom stereocenters. The molecule has 0 saturated carbocycles. The predicted molar refractivity (Wildman–Crippen MR) is 83.9 cm³/mol. The maximum Gasteiger partial charge on any atom is 0.326 e. The first kappa shape index (κ1) is 13.3. The number of ether oxygens (including phenoxy) is 1. The van der Waals surface area contributed by atoms with Crippen molar-refractivity contribution < 1.29 is 9.53 Å². The van der Waals surface area contributed by atoms with Crippen LogP contribution in [0.2, 0.25) is 0 Å². The Hall–Kier alpha value is -2.69. The highest BCUT2D eigenvalue weighted by Gasteiger charge is 2.24. The third-order valence-electron chi connectivity index (χ3n) is 3.59. The van der Waals surface area contributed by atoms with Crippen LogP contribution in [0.25, 0.3) is 0 Å². The molecule has 0 saturated heterocycles. The summed E-state index contributed by atoms with van der Waals surface area (Å²) in [5.41, 5.74) is 9.28. The lowest BCUT2D eigenvalue weighted by Gasteiger charge is -2.18. The molecule has 0 aromatic heterocycles. The van der Waals surface area contributed by atoms with Crippen molar-refractivity contribution in [3.8, 4) is 5.75 Å². The van der Waals surface area contributed by atoms with Gasteiger partial charge in [0.1, 0.15) is 5.75 Å². The van der Waals surface area contributed by atoms with E-state index >= 15 is 0 Å². The smallest absolute Gasteiger partial charge is 0.326 e. The lowest BCUT2D eigenvalue weighted by atomic mass is 10.1. The second-order valence-corrected chi connectivity index (χ2v) is 4.95. The molecule has 3 N–H and O–H groups in total. The van der Waals surface area contributed by atoms with Crippen molar-refractivity contribution in [2.24, 2.45) is 0 Å². The number of nitrogens with zero attached hydrogens (tertiary/aromatic N) is 1. The van der Waals surface area contributed by atoms with Crippen LogP contribution in [0.1, 0.15) is 5.56 Å². The Morgan fingerprint density at radius 3 is 2.71 bits per heavy atom. The third kappa shape index (κ3) is 2.63. The van der Waals surface area contributed by atoms with Gasteiger partial charge in [-0.3, -0.25) is 4.90 Å². The van der Waals surface area contributed by atoms with Gasteiger partial charge in [-0.25, -0.2) is 4.79 Å². The molecule has 0 bridgehead atoms. The molecule has 1 aliphatic heterocycles. The molecule has 1 aliphatic rings. The topological polar surface area (TPSA) is 67.6 Å². The summed E-state index contributed by atoms with van der Waals surface area (Å²) >= 11 is 0. The number of nitrogen functional groups attached to an aromatic ring is 1. The summed E-state index contributed by atoms with van der Waals surface area (Å²) in [7, 11) is 1.61. The minimum absolute atomic E-state index is 0.135. The Balaban J connectivity index is 1.75. The fraction of sp³-hybridized carbons (Fsp3) is 0.188.